The van der Waals surface area contributed by atoms with Crippen molar-refractivity contribution in [2.75, 3.05) is 0 Å². The molecule has 2 aliphatic rings. The molecule has 3 nitrogen and oxygen atoms in total. The highest BCUT2D eigenvalue weighted by molar-refractivity contribution is 5.65. The van der Waals surface area contributed by atoms with Crippen molar-refractivity contribution in [1.82, 2.24) is 0 Å². The van der Waals surface area contributed by atoms with Gasteiger partial charge < -0.3 is 10.5 Å². The van der Waals surface area contributed by atoms with E-state index in [4.69, 9.17) is 16.9 Å². The van der Waals surface area contributed by atoms with Gasteiger partial charge in [0.2, 0.25) is 0 Å². The zero-order chi connectivity index (χ0) is 10.1. The van der Waals surface area contributed by atoms with Crippen LogP contribution in [0.2, 0.25) is 0 Å². The van der Waals surface area contributed by atoms with Crippen molar-refractivity contribution in [2.24, 2.45) is 23.5 Å². The van der Waals surface area contributed by atoms with Crippen LogP contribution in [0.15, 0.2) is 12.2 Å². The third-order valence-electron chi connectivity index (χ3n) is 3.13. The molecule has 1 saturated carbocycles. The largest absolute Gasteiger partial charge is 0.433 e. The molecule has 0 aromatic heterocycles. The average molecular weight is 191 g/mol. The van der Waals surface area contributed by atoms with Crippen molar-refractivity contribution >= 4 is 6.09 Å². The Hall–Kier alpha value is -1.43. The predicted octanol–water partition coefficient (Wildman–Crippen LogP) is 1.30. The highest BCUT2D eigenvalue weighted by atomic mass is 16.6. The molecule has 2 rings (SSSR count). The molecule has 0 aliphatic heterocycles. The summed E-state index contributed by atoms with van der Waals surface area (Å²) in [5, 5.41) is 0. The maximum Gasteiger partial charge on any atom is 0.405 e. The minimum Gasteiger partial charge on any atom is -0.433 e. The molecule has 4 atom stereocenters. The summed E-state index contributed by atoms with van der Waals surface area (Å²) < 4.78 is 4.90. The molecule has 1 amide bonds. The smallest absolute Gasteiger partial charge is 0.405 e. The number of carbonyl (C=O) groups excluding carboxylic acids is 1. The van der Waals surface area contributed by atoms with E-state index in [0.717, 1.165) is 12.8 Å². The van der Waals surface area contributed by atoms with E-state index in [-0.39, 0.29) is 5.92 Å². The molecule has 14 heavy (non-hydrogen) atoms. The number of carbonyl (C=O) groups is 1. The lowest BCUT2D eigenvalue weighted by Gasteiger charge is -2.23. The summed E-state index contributed by atoms with van der Waals surface area (Å²) in [7, 11) is 0. The molecule has 0 heterocycles. The fourth-order valence-corrected chi connectivity index (χ4v) is 2.54. The molecular formula is C11H13NO2. The summed E-state index contributed by atoms with van der Waals surface area (Å²) in [6, 6.07) is 0. The van der Waals surface area contributed by atoms with Gasteiger partial charge in [-0.15, -0.1) is 6.42 Å². The fraction of sp³-hybridized carbons (Fsp3) is 0.545. The van der Waals surface area contributed by atoms with Gasteiger partial charge in [-0.05, 0) is 24.7 Å². The maximum atomic E-state index is 10.6. The van der Waals surface area contributed by atoms with Crippen molar-refractivity contribution in [1.29, 1.82) is 0 Å². The number of primary amides is 1. The number of rotatable bonds is 2. The summed E-state index contributed by atoms with van der Waals surface area (Å²) in [6.45, 7) is 0. The highest BCUT2D eigenvalue weighted by Gasteiger charge is 2.40. The third-order valence-corrected chi connectivity index (χ3v) is 3.13. The Balaban J connectivity index is 2.04. The Kier molecular flexibility index (Phi) is 2.20. The summed E-state index contributed by atoms with van der Waals surface area (Å²) in [6.07, 6.45) is 10.7. The van der Waals surface area contributed by atoms with Crippen molar-refractivity contribution < 1.29 is 9.53 Å². The molecule has 1 fully saturated rings. The van der Waals surface area contributed by atoms with Crippen LogP contribution in [0.1, 0.15) is 12.8 Å². The highest BCUT2D eigenvalue weighted by Crippen LogP contribution is 2.45. The standard InChI is InChI=1S/C11H13NO2/c1-2-10(14-11(12)13)9-6-7-3-4-8(9)5-7/h1,3-4,7-10H,5-6H2,(H2,12,13). The third kappa shape index (κ3) is 1.48. The summed E-state index contributed by atoms with van der Waals surface area (Å²) in [4.78, 5) is 10.6. The van der Waals surface area contributed by atoms with Crippen LogP contribution in [-0.2, 0) is 4.74 Å². The molecule has 2 aliphatic carbocycles. The maximum absolute atomic E-state index is 10.6. The molecule has 0 aromatic carbocycles. The van der Waals surface area contributed by atoms with Crippen LogP contribution < -0.4 is 5.73 Å². The molecule has 2 bridgehead atoms. The molecule has 74 valence electrons. The molecule has 0 saturated heterocycles. The molecule has 4 unspecified atom stereocenters. The number of ether oxygens (including phenoxy) is 1. The van der Waals surface area contributed by atoms with Gasteiger partial charge in [0.25, 0.3) is 0 Å². The van der Waals surface area contributed by atoms with E-state index in [1.165, 1.54) is 0 Å². The van der Waals surface area contributed by atoms with E-state index in [0.29, 0.717) is 11.8 Å². The van der Waals surface area contributed by atoms with Crippen LogP contribution in [0.25, 0.3) is 0 Å². The van der Waals surface area contributed by atoms with Crippen molar-refractivity contribution in [3.05, 3.63) is 12.2 Å². The summed E-state index contributed by atoms with van der Waals surface area (Å²) in [5.41, 5.74) is 4.96. The van der Waals surface area contributed by atoms with Gasteiger partial charge in [0.1, 0.15) is 0 Å². The minimum atomic E-state index is -0.778. The van der Waals surface area contributed by atoms with Crippen LogP contribution in [0.4, 0.5) is 4.79 Å². The average Bonchev–Trinajstić information content (AvgIpc) is 2.74. The monoisotopic (exact) mass is 191 g/mol. The van der Waals surface area contributed by atoms with Crippen LogP contribution in [0.3, 0.4) is 0 Å². The lowest BCUT2D eigenvalue weighted by molar-refractivity contribution is 0.0936. The van der Waals surface area contributed by atoms with Crippen molar-refractivity contribution in [3.63, 3.8) is 0 Å². The quantitative estimate of drug-likeness (QED) is 0.528. The van der Waals surface area contributed by atoms with Gasteiger partial charge in [-0.25, -0.2) is 4.79 Å². The number of fused-ring (bicyclic) bond motifs is 2. The van der Waals surface area contributed by atoms with E-state index in [1.54, 1.807) is 0 Å². The fourth-order valence-electron chi connectivity index (χ4n) is 2.54. The Morgan fingerprint density at radius 2 is 2.36 bits per heavy atom. The molecule has 0 aromatic rings. The van der Waals surface area contributed by atoms with Crippen LogP contribution in [0.5, 0.6) is 0 Å². The topological polar surface area (TPSA) is 52.3 Å². The Morgan fingerprint density at radius 3 is 2.79 bits per heavy atom. The molecule has 3 heteroatoms. The van der Waals surface area contributed by atoms with Crippen molar-refractivity contribution in [2.45, 2.75) is 18.9 Å². The first-order valence-electron chi connectivity index (χ1n) is 4.81. The van der Waals surface area contributed by atoms with Gasteiger partial charge in [0.05, 0.1) is 0 Å². The SMILES string of the molecule is C#CC(OC(N)=O)C1CC2C=CC1C2. The second-order valence-electron chi connectivity index (χ2n) is 3.97. The number of amides is 1. The zero-order valence-corrected chi connectivity index (χ0v) is 7.85. The number of terminal acetylenes is 1. The minimum absolute atomic E-state index is 0.266. The number of allylic oxidation sites excluding steroid dienone is 2. The Morgan fingerprint density at radius 1 is 1.57 bits per heavy atom. The molecular weight excluding hydrogens is 178 g/mol. The van der Waals surface area contributed by atoms with E-state index in [1.807, 2.05) is 0 Å². The molecule has 2 N–H and O–H groups in total. The van der Waals surface area contributed by atoms with E-state index >= 15 is 0 Å². The van der Waals surface area contributed by atoms with E-state index in [9.17, 15) is 4.79 Å². The summed E-state index contributed by atoms with van der Waals surface area (Å²) in [5.74, 6) is 3.86. The van der Waals surface area contributed by atoms with Crippen LogP contribution in [0, 0.1) is 30.1 Å². The lowest BCUT2D eigenvalue weighted by atomic mass is 9.89. The number of nitrogens with two attached hydrogens (primary N) is 1. The van der Waals surface area contributed by atoms with E-state index in [2.05, 4.69) is 18.1 Å². The normalized spacial score (nSPS) is 35.2. The van der Waals surface area contributed by atoms with Gasteiger partial charge in [0, 0.05) is 5.92 Å². The van der Waals surface area contributed by atoms with Crippen molar-refractivity contribution in [3.8, 4) is 12.3 Å². The lowest BCUT2D eigenvalue weighted by Crippen LogP contribution is -2.30. The zero-order valence-electron chi connectivity index (χ0n) is 7.85. The van der Waals surface area contributed by atoms with Gasteiger partial charge >= 0.3 is 6.09 Å². The van der Waals surface area contributed by atoms with E-state index < -0.39 is 12.2 Å². The molecule has 0 radical (unpaired) electrons. The van der Waals surface area contributed by atoms with Crippen LogP contribution >= 0.6 is 0 Å². The second kappa shape index (κ2) is 3.38. The van der Waals surface area contributed by atoms with Gasteiger partial charge in [-0.2, -0.15) is 0 Å². The second-order valence-corrected chi connectivity index (χ2v) is 3.97. The first kappa shape index (κ1) is 9.14. The Labute approximate surface area is 83.3 Å². The van der Waals surface area contributed by atoms with Gasteiger partial charge in [-0.1, -0.05) is 18.1 Å². The summed E-state index contributed by atoms with van der Waals surface area (Å²) >= 11 is 0. The number of hydrogen-bond acceptors (Lipinski definition) is 2. The molecule has 0 spiro atoms. The predicted molar refractivity (Wildman–Crippen MR) is 52.1 cm³/mol. The van der Waals surface area contributed by atoms with Gasteiger partial charge in [0.15, 0.2) is 6.10 Å². The van der Waals surface area contributed by atoms with Gasteiger partial charge in [-0.3, -0.25) is 0 Å². The number of hydrogen-bond donors (Lipinski definition) is 1. The first-order chi connectivity index (χ1) is 6.70. The Bertz CT molecular complexity index is 316. The first-order valence-corrected chi connectivity index (χ1v) is 4.81. The van der Waals surface area contributed by atoms with Crippen LogP contribution in [-0.4, -0.2) is 12.2 Å².